The summed E-state index contributed by atoms with van der Waals surface area (Å²) in [7, 11) is 3.57. The molecule has 5 fully saturated rings. The fourth-order valence-electron chi connectivity index (χ4n) is 9.94. The number of hydrogen-bond acceptors (Lipinski definition) is 23. The number of aliphatic hydroxyl groups is 5. The van der Waals surface area contributed by atoms with Crippen molar-refractivity contribution in [1.29, 1.82) is 10.8 Å². The number of nitrogens with zero attached hydrogens (tertiary/aromatic N) is 9. The maximum Gasteiger partial charge on any atom is 0.335 e. The summed E-state index contributed by atoms with van der Waals surface area (Å²) >= 11 is 12.6. The van der Waals surface area contributed by atoms with Gasteiger partial charge in [0.15, 0.2) is 23.6 Å². The van der Waals surface area contributed by atoms with Gasteiger partial charge < -0.3 is 60.8 Å². The van der Waals surface area contributed by atoms with Crippen LogP contribution in [0.25, 0.3) is 22.8 Å². The maximum atomic E-state index is 13.9. The average Bonchev–Trinajstić information content (AvgIpc) is 1.69. The minimum Gasteiger partial charge on any atom is -0.485 e. The zero-order chi connectivity index (χ0) is 78.0. The summed E-state index contributed by atoms with van der Waals surface area (Å²) in [6.07, 6.45) is 15.5. The van der Waals surface area contributed by atoms with E-state index < -0.39 is 76.8 Å². The summed E-state index contributed by atoms with van der Waals surface area (Å²) in [5.41, 5.74) is 12.9. The molecule has 5 atom stereocenters. The topological polar surface area (TPSA) is 414 Å². The number of aliphatic hydroxyl groups excluding tert-OH is 5. The van der Waals surface area contributed by atoms with E-state index in [0.717, 1.165) is 76.6 Å². The number of nitrogens with one attached hydrogen (secondary N) is 2. The lowest BCUT2D eigenvalue weighted by Crippen LogP contribution is -2.29. The van der Waals surface area contributed by atoms with Crippen LogP contribution in [-0.2, 0) is 32.3 Å². The third-order valence-corrected chi connectivity index (χ3v) is 17.5. The number of esters is 1. The van der Waals surface area contributed by atoms with E-state index in [-0.39, 0.29) is 99.5 Å². The van der Waals surface area contributed by atoms with E-state index in [9.17, 15) is 51.7 Å². The number of ketones is 1. The van der Waals surface area contributed by atoms with Gasteiger partial charge in [0, 0.05) is 80.6 Å². The van der Waals surface area contributed by atoms with Crippen molar-refractivity contribution in [3.05, 3.63) is 185 Å². The number of halogens is 7. The van der Waals surface area contributed by atoms with E-state index in [4.69, 9.17) is 75.0 Å². The Kier molecular flexibility index (Phi) is 32.4. The van der Waals surface area contributed by atoms with E-state index in [1.807, 2.05) is 13.8 Å². The monoisotopic (exact) mass is 1550 g/mol. The van der Waals surface area contributed by atoms with E-state index in [0.29, 0.717) is 88.3 Å². The largest absolute Gasteiger partial charge is 0.485 e. The number of pyridine rings is 6. The van der Waals surface area contributed by atoms with Crippen molar-refractivity contribution in [3.63, 3.8) is 0 Å². The molecule has 107 heavy (non-hydrogen) atoms. The zero-order valence-electron chi connectivity index (χ0n) is 60.0. The van der Waals surface area contributed by atoms with Crippen LogP contribution in [0.5, 0.6) is 11.5 Å². The lowest BCUT2D eigenvalue weighted by Gasteiger charge is -2.17. The van der Waals surface area contributed by atoms with Crippen LogP contribution in [0.2, 0.25) is 10.0 Å². The molecular formula is C73H88Cl3F4N13O14. The van der Waals surface area contributed by atoms with Gasteiger partial charge in [0.2, 0.25) is 17.6 Å². The Morgan fingerprint density at radius 2 is 1.06 bits per heavy atom. The second-order valence-electron chi connectivity index (χ2n) is 25.9. The molecule has 5 saturated carbocycles. The Morgan fingerprint density at radius 1 is 0.607 bits per heavy atom. The number of primary amides is 1. The number of amides is 1. The zero-order valence-corrected chi connectivity index (χ0v) is 62.4. The molecule has 27 nitrogen and oxygen atoms in total. The molecule has 578 valence electrons. The second kappa shape index (κ2) is 40.0. The Hall–Kier alpha value is -9.34. The molecule has 0 aromatic carbocycles. The molecule has 0 bridgehead atoms. The van der Waals surface area contributed by atoms with Gasteiger partial charge in [-0.05, 0) is 165 Å². The third kappa shape index (κ3) is 25.4. The number of aryl methyl sites for hydroxylation is 4. The van der Waals surface area contributed by atoms with Gasteiger partial charge in [-0.1, -0.05) is 23.2 Å². The molecule has 0 saturated heterocycles. The summed E-state index contributed by atoms with van der Waals surface area (Å²) in [6, 6.07) is 9.38. The van der Waals surface area contributed by atoms with Crippen LogP contribution in [0.1, 0.15) is 134 Å². The SMILES string of the molecule is CCOC(=N)C(O)C1CC1.CCOC(=O)C(O)C1CC1.Cc1cnc(-c2ccnc(C(O)C3CC3)n2)cc1-n1c(C)cc(OCc2ncc(F)cc2F)c(Cl)c1=O.Cc1cnc(C(=O)/C=C/N(C)C)cc1-n1c(C)cc(OCc2ncc(F)cc2F)c(Cl)c1=O.Cl.N=C(N)C(O)C1CC1.NC(=O)C(O)C1CC1. The Bertz CT molecular complexity index is 4380. The number of rotatable bonds is 24. The fraction of sp³-hybridized carbons (Fsp3) is 0.438. The highest BCUT2D eigenvalue weighted by molar-refractivity contribution is 6.32. The first-order valence-corrected chi connectivity index (χ1v) is 34.8. The van der Waals surface area contributed by atoms with Crippen LogP contribution in [0, 0.1) is 91.4 Å². The normalized spacial score (nSPS) is 15.4. The van der Waals surface area contributed by atoms with Crippen molar-refractivity contribution in [2.75, 3.05) is 27.3 Å². The van der Waals surface area contributed by atoms with Crippen LogP contribution < -0.4 is 32.1 Å². The van der Waals surface area contributed by atoms with Crippen LogP contribution in [0.4, 0.5) is 17.6 Å². The van der Waals surface area contributed by atoms with Gasteiger partial charge in [-0.15, -0.1) is 12.4 Å². The lowest BCUT2D eigenvalue weighted by atomic mass is 10.1. The van der Waals surface area contributed by atoms with Crippen LogP contribution in [0.15, 0.2) is 95.3 Å². The summed E-state index contributed by atoms with van der Waals surface area (Å²) in [4.78, 5) is 86.1. The van der Waals surface area contributed by atoms with Crippen molar-refractivity contribution >= 4 is 65.0 Å². The first-order valence-electron chi connectivity index (χ1n) is 34.0. The van der Waals surface area contributed by atoms with Crippen molar-refractivity contribution in [2.24, 2.45) is 41.1 Å². The highest BCUT2D eigenvalue weighted by atomic mass is 35.5. The molecule has 11 N–H and O–H groups in total. The molecule has 5 aliphatic rings. The number of ether oxygens (including phenoxy) is 4. The number of aromatic nitrogens is 8. The minimum atomic E-state index is -0.880. The van der Waals surface area contributed by atoms with Crippen molar-refractivity contribution in [3.8, 4) is 34.3 Å². The Balaban J connectivity index is 0.000000228. The standard InChI is InChI=1S/C26H22ClF2N5O3.C23H21ClF2N4O3.C7H13NO2.C7H12O3.C5H10N2O.C5H9NO2.ClH/c1-13-10-31-19(18-5-6-30-25(33-18)24(35)15-3-4-15)9-21(13)34-14(2)7-22(23(27)26(34)36)37-12-20-17(29)8-16(28)11-32-20;1-13-10-27-17(20(31)5-6-29(3)4)9-19(13)30-14(2)7-21(22(24)23(30)32)33-12-18-16(26)8-15(25)11-28-18;1-2-10-7(8)6(9)5-3-4-5;1-2-10-7(9)6(8)5-3-4-5;6-5(7)4(8)3-1-2-3;6-5(8)4(7)3-1-2-3;/h5-11,15,24,35H,3-4,12H2,1-2H3;5-11H,12H2,1-4H3;5-6,8-9H,2-4H2,1H3;5-6,8H,2-4H2,1H3;3-4,8H,1-2H2,(H3,6,7);3-4,7H,1-2H2,(H2,6,8);1H/b;6-5+;;;;;. The summed E-state index contributed by atoms with van der Waals surface area (Å²) in [5, 5.41) is 60.0. The number of carbonyl (C=O) groups is 3. The second-order valence-corrected chi connectivity index (χ2v) is 26.7. The predicted octanol–water partition coefficient (Wildman–Crippen LogP) is 9.12. The van der Waals surface area contributed by atoms with E-state index in [1.54, 1.807) is 83.5 Å². The van der Waals surface area contributed by atoms with Gasteiger partial charge in [-0.2, -0.15) is 0 Å². The number of carbonyl (C=O) groups excluding carboxylic acids is 3. The van der Waals surface area contributed by atoms with E-state index in [1.165, 1.54) is 33.5 Å². The maximum absolute atomic E-state index is 13.9. The molecule has 5 aliphatic carbocycles. The van der Waals surface area contributed by atoms with Gasteiger partial charge in [0.05, 0.1) is 48.4 Å². The highest BCUT2D eigenvalue weighted by Crippen LogP contribution is 2.40. The molecular weight excluding hydrogens is 1470 g/mol. The summed E-state index contributed by atoms with van der Waals surface area (Å²) in [6.45, 7) is 10.6. The van der Waals surface area contributed by atoms with Gasteiger partial charge in [-0.3, -0.25) is 59.1 Å². The lowest BCUT2D eigenvalue weighted by molar-refractivity contribution is -0.154. The first kappa shape index (κ1) is 86.6. The number of amidine groups is 1. The molecule has 5 unspecified atom stereocenters. The average molecular weight is 1550 g/mol. The number of hydrogen-bond donors (Lipinski definition) is 9. The molecule has 12 rings (SSSR count). The highest BCUT2D eigenvalue weighted by Gasteiger charge is 2.37. The van der Waals surface area contributed by atoms with Crippen LogP contribution in [0.3, 0.4) is 0 Å². The minimum absolute atomic E-state index is 0. The summed E-state index contributed by atoms with van der Waals surface area (Å²) < 4.78 is 77.2. The smallest absolute Gasteiger partial charge is 0.335 e. The van der Waals surface area contributed by atoms with Crippen molar-refractivity contribution in [1.82, 2.24) is 43.9 Å². The molecule has 0 aliphatic heterocycles. The Morgan fingerprint density at radius 3 is 1.48 bits per heavy atom. The molecule has 7 aromatic rings. The number of allylic oxidation sites excluding steroid dienone is 1. The quantitative estimate of drug-likeness (QED) is 0.00679. The van der Waals surface area contributed by atoms with E-state index in [2.05, 4.69) is 34.6 Å². The Labute approximate surface area is 630 Å². The predicted molar refractivity (Wildman–Crippen MR) is 391 cm³/mol. The van der Waals surface area contributed by atoms with Crippen molar-refractivity contribution < 1.29 is 76.4 Å². The molecule has 34 heteroatoms. The first-order chi connectivity index (χ1) is 50.2. The molecule has 0 radical (unpaired) electrons. The van der Waals surface area contributed by atoms with Crippen LogP contribution in [-0.4, -0.2) is 151 Å². The molecule has 0 spiro atoms. The van der Waals surface area contributed by atoms with Gasteiger partial charge in [-0.25, -0.2) is 32.3 Å². The number of nitrogens with two attached hydrogens (primary N) is 2. The van der Waals surface area contributed by atoms with Gasteiger partial charge >= 0.3 is 5.97 Å². The molecule has 7 heterocycles. The molecule has 7 aromatic heterocycles. The third-order valence-electron chi connectivity index (χ3n) is 16.8. The van der Waals surface area contributed by atoms with Crippen molar-refractivity contribution in [2.45, 2.75) is 149 Å². The van der Waals surface area contributed by atoms with E-state index >= 15 is 0 Å². The fourth-order valence-corrected chi connectivity index (χ4v) is 10.3. The summed E-state index contributed by atoms with van der Waals surface area (Å²) in [5.74, 6) is -3.24. The van der Waals surface area contributed by atoms with Gasteiger partial charge in [0.1, 0.15) is 93.7 Å². The van der Waals surface area contributed by atoms with Crippen LogP contribution >= 0.6 is 35.6 Å². The molecule has 1 amide bonds. The van der Waals surface area contributed by atoms with Gasteiger partial charge in [0.25, 0.3) is 11.1 Å².